The summed E-state index contributed by atoms with van der Waals surface area (Å²) in [5.41, 5.74) is 3.36. The van der Waals surface area contributed by atoms with Crippen LogP contribution in [-0.4, -0.2) is 75.4 Å². The zero-order valence-electron chi connectivity index (χ0n) is 32.3. The van der Waals surface area contributed by atoms with Gasteiger partial charge < -0.3 is 25.4 Å². The third kappa shape index (κ3) is 11.7. The number of ether oxygens (including phenoxy) is 1. The van der Waals surface area contributed by atoms with Crippen LogP contribution >= 0.6 is 11.3 Å². The molecule has 3 N–H and O–H groups in total. The van der Waals surface area contributed by atoms with Crippen molar-refractivity contribution in [1.29, 1.82) is 0 Å². The predicted molar refractivity (Wildman–Crippen MR) is 215 cm³/mol. The van der Waals surface area contributed by atoms with Crippen LogP contribution in [-0.2, 0) is 26.2 Å². The Hall–Kier alpha value is -5.10. The van der Waals surface area contributed by atoms with Gasteiger partial charge in [-0.1, -0.05) is 89.8 Å². The van der Waals surface area contributed by atoms with E-state index in [2.05, 4.69) is 48.3 Å². The van der Waals surface area contributed by atoms with Gasteiger partial charge in [-0.2, -0.15) is 0 Å². The Kier molecular flexibility index (Phi) is 14.5. The molecule has 0 saturated carbocycles. The number of unbranched alkanes of at least 4 members (excludes halogenated alkanes) is 4. The van der Waals surface area contributed by atoms with Crippen LogP contribution in [0.1, 0.15) is 99.2 Å². The Bertz CT molecular complexity index is 1890. The quantitative estimate of drug-likeness (QED) is 0.0885. The second kappa shape index (κ2) is 19.5. The lowest BCUT2D eigenvalue weighted by Crippen LogP contribution is -2.54. The Morgan fingerprint density at radius 3 is 2.25 bits per heavy atom. The Morgan fingerprint density at radius 2 is 1.60 bits per heavy atom. The van der Waals surface area contributed by atoms with E-state index in [0.717, 1.165) is 39.3 Å². The van der Waals surface area contributed by atoms with Crippen molar-refractivity contribution in [3.8, 4) is 28.3 Å². The molecule has 0 aliphatic carbocycles. The summed E-state index contributed by atoms with van der Waals surface area (Å²) in [6, 6.07) is 17.6. The van der Waals surface area contributed by atoms with Crippen molar-refractivity contribution < 1.29 is 29.0 Å². The Morgan fingerprint density at radius 1 is 0.909 bits per heavy atom. The number of carboxylic acid groups (broad SMARTS) is 1. The average molecular weight is 768 g/mol. The van der Waals surface area contributed by atoms with Gasteiger partial charge in [0, 0.05) is 47.9 Å². The zero-order chi connectivity index (χ0) is 39.4. The summed E-state index contributed by atoms with van der Waals surface area (Å²) in [7, 11) is 0. The van der Waals surface area contributed by atoms with Gasteiger partial charge in [0.1, 0.15) is 17.8 Å². The Labute approximate surface area is 327 Å². The summed E-state index contributed by atoms with van der Waals surface area (Å²) < 4.78 is 5.91. The molecule has 1 aliphatic rings. The van der Waals surface area contributed by atoms with E-state index in [4.69, 9.17) is 9.84 Å². The number of hydrogen-bond donors (Lipinski definition) is 3. The molecule has 292 valence electrons. The first-order chi connectivity index (χ1) is 26.4. The third-order valence-corrected chi connectivity index (χ3v) is 11.2. The number of thiophene rings is 1. The van der Waals surface area contributed by atoms with E-state index in [9.17, 15) is 19.2 Å². The van der Waals surface area contributed by atoms with Crippen LogP contribution in [0.3, 0.4) is 0 Å². The largest absolute Gasteiger partial charge is 0.494 e. The molecule has 1 aliphatic heterocycles. The van der Waals surface area contributed by atoms with Gasteiger partial charge in [0.25, 0.3) is 5.91 Å². The van der Waals surface area contributed by atoms with Gasteiger partial charge in [-0.3, -0.25) is 19.2 Å². The molecule has 11 nitrogen and oxygen atoms in total. The summed E-state index contributed by atoms with van der Waals surface area (Å²) in [4.78, 5) is 64.0. The predicted octanol–water partition coefficient (Wildman–Crippen LogP) is 7.44. The van der Waals surface area contributed by atoms with E-state index in [1.165, 1.54) is 41.9 Å². The summed E-state index contributed by atoms with van der Waals surface area (Å²) >= 11 is 1.39. The van der Waals surface area contributed by atoms with E-state index in [1.807, 2.05) is 54.6 Å². The first-order valence-corrected chi connectivity index (χ1v) is 20.1. The van der Waals surface area contributed by atoms with E-state index < -0.39 is 24.0 Å². The highest BCUT2D eigenvalue weighted by molar-refractivity contribution is 7.14. The van der Waals surface area contributed by atoms with Crippen LogP contribution in [0.2, 0.25) is 0 Å². The van der Waals surface area contributed by atoms with Crippen LogP contribution in [0.5, 0.6) is 5.75 Å². The van der Waals surface area contributed by atoms with E-state index >= 15 is 0 Å². The summed E-state index contributed by atoms with van der Waals surface area (Å²) in [5, 5.41) is 14.6. The van der Waals surface area contributed by atoms with Crippen molar-refractivity contribution >= 4 is 35.0 Å². The van der Waals surface area contributed by atoms with Crippen LogP contribution in [0, 0.1) is 0 Å². The number of hydrogen-bond acceptors (Lipinski definition) is 8. The fourth-order valence-electron chi connectivity index (χ4n) is 6.50. The number of carboxylic acids is 1. The topological polar surface area (TPSA) is 151 Å². The maximum Gasteiger partial charge on any atom is 0.305 e. The standard InChI is InChI=1S/C43H53N5O6S/c1-5-6-7-8-9-25-54-33-18-16-30(17-19-33)32-27-45-39(46-28-32)31-14-12-29(13-15-31)26-34(47-41(52)36-20-21-37(55-36)43(2,3)4)42(53)48-24-10-11-35(48)40(51)44-23-22-38(49)50/h12-21,27-28,34-35H,5-11,22-26H2,1-4H3,(H,44,51)(H,47,52)(H,49,50). The van der Waals surface area contributed by atoms with Gasteiger partial charge in [0.05, 0.1) is 17.9 Å². The molecule has 2 aromatic carbocycles. The van der Waals surface area contributed by atoms with Crippen LogP contribution in [0.4, 0.5) is 0 Å². The molecule has 3 amide bonds. The zero-order valence-corrected chi connectivity index (χ0v) is 33.1. The molecule has 12 heteroatoms. The monoisotopic (exact) mass is 767 g/mol. The lowest BCUT2D eigenvalue weighted by atomic mass is 9.95. The highest BCUT2D eigenvalue weighted by Gasteiger charge is 2.38. The molecular formula is C43H53N5O6S. The second-order valence-corrected chi connectivity index (χ2v) is 16.1. The SMILES string of the molecule is CCCCCCCOc1ccc(-c2cnc(-c3ccc(CC(NC(=O)c4ccc(C(C)(C)C)s4)C(=O)N4CCCC4C(=O)NCCC(=O)O)cc3)nc2)cc1. The van der Waals surface area contributed by atoms with Crippen LogP contribution in [0.15, 0.2) is 73.1 Å². The van der Waals surface area contributed by atoms with E-state index in [-0.39, 0.29) is 36.6 Å². The molecular weight excluding hydrogens is 715 g/mol. The number of carbonyl (C=O) groups excluding carboxylic acids is 3. The second-order valence-electron chi connectivity index (χ2n) is 15.0. The van der Waals surface area contributed by atoms with Gasteiger partial charge in [0.2, 0.25) is 11.8 Å². The normalized spacial score (nSPS) is 14.7. The van der Waals surface area contributed by atoms with E-state index in [1.54, 1.807) is 18.5 Å². The number of aliphatic carboxylic acids is 1. The minimum Gasteiger partial charge on any atom is -0.494 e. The fraction of sp³-hybridized carbons (Fsp3) is 0.442. The fourth-order valence-corrected chi connectivity index (χ4v) is 7.46. The van der Waals surface area contributed by atoms with Crippen molar-refractivity contribution in [3.63, 3.8) is 0 Å². The van der Waals surface area contributed by atoms with Gasteiger partial charge in [-0.25, -0.2) is 9.97 Å². The molecule has 1 saturated heterocycles. The number of nitrogens with one attached hydrogen (secondary N) is 2. The van der Waals surface area contributed by atoms with Crippen LogP contribution in [0.25, 0.3) is 22.5 Å². The lowest BCUT2D eigenvalue weighted by Gasteiger charge is -2.29. The van der Waals surface area contributed by atoms with Crippen molar-refractivity contribution in [1.82, 2.24) is 25.5 Å². The van der Waals surface area contributed by atoms with Crippen LogP contribution < -0.4 is 15.4 Å². The van der Waals surface area contributed by atoms with Crippen molar-refractivity contribution in [3.05, 3.63) is 88.4 Å². The maximum absolute atomic E-state index is 14.1. The van der Waals surface area contributed by atoms with Gasteiger partial charge in [-0.05, 0) is 60.1 Å². The number of benzene rings is 2. The molecule has 2 unspecified atom stereocenters. The first kappa shape index (κ1) is 41.1. The van der Waals surface area contributed by atoms with Crippen molar-refractivity contribution in [2.75, 3.05) is 19.7 Å². The summed E-state index contributed by atoms with van der Waals surface area (Å²) in [5.74, 6) is -0.723. The number of carbonyl (C=O) groups is 4. The molecule has 0 bridgehead atoms. The molecule has 5 rings (SSSR count). The summed E-state index contributed by atoms with van der Waals surface area (Å²) in [6.45, 7) is 9.50. The molecule has 2 atom stereocenters. The number of aromatic nitrogens is 2. The number of likely N-dealkylation sites (tertiary alicyclic amines) is 1. The lowest BCUT2D eigenvalue weighted by molar-refractivity contribution is -0.140. The van der Waals surface area contributed by atoms with Crippen molar-refractivity contribution in [2.24, 2.45) is 0 Å². The maximum atomic E-state index is 14.1. The third-order valence-electron chi connectivity index (χ3n) is 9.66. The molecule has 0 spiro atoms. The summed E-state index contributed by atoms with van der Waals surface area (Å²) in [6.07, 6.45) is 10.6. The minimum atomic E-state index is -1.02. The number of amides is 3. The Balaban J connectivity index is 1.26. The molecule has 0 radical (unpaired) electrons. The van der Waals surface area contributed by atoms with E-state index in [0.29, 0.717) is 36.7 Å². The highest BCUT2D eigenvalue weighted by atomic mass is 32.1. The first-order valence-electron chi connectivity index (χ1n) is 19.3. The molecule has 1 fully saturated rings. The van der Waals surface area contributed by atoms with Gasteiger partial charge in [-0.15, -0.1) is 11.3 Å². The molecule has 3 heterocycles. The molecule has 4 aromatic rings. The van der Waals surface area contributed by atoms with Gasteiger partial charge in [0.15, 0.2) is 5.82 Å². The minimum absolute atomic E-state index is 0.0258. The van der Waals surface area contributed by atoms with Gasteiger partial charge >= 0.3 is 5.97 Å². The highest BCUT2D eigenvalue weighted by Crippen LogP contribution is 2.30. The molecule has 55 heavy (non-hydrogen) atoms. The van der Waals surface area contributed by atoms with Crippen molar-refractivity contribution in [2.45, 2.75) is 103 Å². The smallest absolute Gasteiger partial charge is 0.305 e. The number of nitrogens with zero attached hydrogens (tertiary/aromatic N) is 3. The molecule has 2 aromatic heterocycles. The number of rotatable bonds is 18. The average Bonchev–Trinajstić information content (AvgIpc) is 3.88.